The van der Waals surface area contributed by atoms with E-state index in [1.165, 1.54) is 5.56 Å². The monoisotopic (exact) mass is 263 g/mol. The van der Waals surface area contributed by atoms with Crippen LogP contribution in [0.15, 0.2) is 18.2 Å². The van der Waals surface area contributed by atoms with E-state index >= 15 is 0 Å². The fourth-order valence-corrected chi connectivity index (χ4v) is 2.90. The van der Waals surface area contributed by atoms with Crippen LogP contribution in [0.3, 0.4) is 0 Å². The number of phenolic OH excluding ortho intramolecular Hbond substituents is 1. The number of fused-ring (bicyclic) bond motifs is 1. The van der Waals surface area contributed by atoms with Gasteiger partial charge in [0.1, 0.15) is 17.1 Å². The number of rotatable bonds is 3. The van der Waals surface area contributed by atoms with Crippen molar-refractivity contribution in [1.82, 2.24) is 4.90 Å². The summed E-state index contributed by atoms with van der Waals surface area (Å²) in [6.07, 6.45) is 0.966. The van der Waals surface area contributed by atoms with Crippen molar-refractivity contribution in [2.75, 3.05) is 13.6 Å². The van der Waals surface area contributed by atoms with Crippen molar-refractivity contribution in [2.24, 2.45) is 5.92 Å². The van der Waals surface area contributed by atoms with E-state index in [4.69, 9.17) is 4.74 Å². The molecule has 2 rings (SSSR count). The first-order chi connectivity index (χ1) is 8.78. The van der Waals surface area contributed by atoms with Crippen molar-refractivity contribution in [3.8, 4) is 11.5 Å². The zero-order valence-corrected chi connectivity index (χ0v) is 12.6. The molecule has 0 spiro atoms. The first kappa shape index (κ1) is 14.2. The number of hydrogen-bond donors (Lipinski definition) is 1. The number of benzene rings is 1. The van der Waals surface area contributed by atoms with Gasteiger partial charge < -0.3 is 9.84 Å². The standard InChI is InChI=1S/C16H25NO2/c1-11(2)10-17(5)14-9-16(3,4)19-15-8-12(18)6-7-13(14)15/h6-8,11,14,18H,9-10H2,1-5H3. The predicted molar refractivity (Wildman–Crippen MR) is 77.6 cm³/mol. The summed E-state index contributed by atoms with van der Waals surface area (Å²) in [5.41, 5.74) is 0.983. The smallest absolute Gasteiger partial charge is 0.128 e. The molecule has 1 aromatic rings. The maximum atomic E-state index is 9.64. The Balaban J connectivity index is 2.34. The quantitative estimate of drug-likeness (QED) is 0.904. The topological polar surface area (TPSA) is 32.7 Å². The number of nitrogens with zero attached hydrogens (tertiary/aromatic N) is 1. The summed E-state index contributed by atoms with van der Waals surface area (Å²) in [6.45, 7) is 9.74. The van der Waals surface area contributed by atoms with Gasteiger partial charge in [-0.05, 0) is 32.9 Å². The van der Waals surface area contributed by atoms with Crippen LogP contribution in [0, 0.1) is 5.92 Å². The van der Waals surface area contributed by atoms with Crippen molar-refractivity contribution < 1.29 is 9.84 Å². The number of hydrogen-bond acceptors (Lipinski definition) is 3. The highest BCUT2D eigenvalue weighted by Gasteiger charge is 2.35. The molecule has 1 N–H and O–H groups in total. The van der Waals surface area contributed by atoms with Crippen LogP contribution in [0.2, 0.25) is 0 Å². The number of ether oxygens (including phenoxy) is 1. The molecule has 1 unspecified atom stereocenters. The third-order valence-corrected chi connectivity index (χ3v) is 3.61. The van der Waals surface area contributed by atoms with E-state index < -0.39 is 0 Å². The summed E-state index contributed by atoms with van der Waals surface area (Å²) in [6, 6.07) is 5.81. The summed E-state index contributed by atoms with van der Waals surface area (Å²) in [5, 5.41) is 9.64. The van der Waals surface area contributed by atoms with Crippen LogP contribution in [0.5, 0.6) is 11.5 Å². The molecule has 0 saturated heterocycles. The Morgan fingerprint density at radius 2 is 2.11 bits per heavy atom. The lowest BCUT2D eigenvalue weighted by molar-refractivity contribution is 0.0342. The molecule has 1 aliphatic rings. The lowest BCUT2D eigenvalue weighted by Gasteiger charge is -2.41. The largest absolute Gasteiger partial charge is 0.508 e. The number of phenols is 1. The molecule has 0 amide bonds. The first-order valence-corrected chi connectivity index (χ1v) is 7.00. The Morgan fingerprint density at radius 3 is 2.74 bits per heavy atom. The van der Waals surface area contributed by atoms with Crippen molar-refractivity contribution in [3.63, 3.8) is 0 Å². The first-order valence-electron chi connectivity index (χ1n) is 7.00. The Morgan fingerprint density at radius 1 is 1.42 bits per heavy atom. The Kier molecular flexibility index (Phi) is 3.77. The lowest BCUT2D eigenvalue weighted by Crippen LogP contribution is -2.41. The molecular weight excluding hydrogens is 238 g/mol. The lowest BCUT2D eigenvalue weighted by atomic mass is 9.88. The molecule has 1 aliphatic heterocycles. The molecule has 1 heterocycles. The predicted octanol–water partition coefficient (Wildman–Crippen LogP) is 3.58. The highest BCUT2D eigenvalue weighted by molar-refractivity contribution is 5.44. The molecular formula is C16H25NO2. The van der Waals surface area contributed by atoms with E-state index in [1.807, 2.05) is 6.07 Å². The molecule has 106 valence electrons. The molecule has 1 atom stereocenters. The molecule has 1 aromatic carbocycles. The molecule has 0 saturated carbocycles. The van der Waals surface area contributed by atoms with Crippen LogP contribution in [0.1, 0.15) is 45.7 Å². The summed E-state index contributed by atoms with van der Waals surface area (Å²) in [5.74, 6) is 1.72. The molecule has 0 bridgehead atoms. The normalized spacial score (nSPS) is 21.3. The van der Waals surface area contributed by atoms with Crippen LogP contribution in [0.25, 0.3) is 0 Å². The summed E-state index contributed by atoms with van der Waals surface area (Å²) < 4.78 is 6.00. The van der Waals surface area contributed by atoms with Gasteiger partial charge in [0.2, 0.25) is 0 Å². The SMILES string of the molecule is CC(C)CN(C)C1CC(C)(C)Oc2cc(O)ccc21. The van der Waals surface area contributed by atoms with Crippen LogP contribution in [-0.4, -0.2) is 29.2 Å². The van der Waals surface area contributed by atoms with E-state index in [1.54, 1.807) is 12.1 Å². The van der Waals surface area contributed by atoms with Gasteiger partial charge in [0.05, 0.1) is 0 Å². The Bertz CT molecular complexity index is 454. The maximum absolute atomic E-state index is 9.64. The second-order valence-corrected chi connectivity index (χ2v) is 6.64. The summed E-state index contributed by atoms with van der Waals surface area (Å²) in [4.78, 5) is 2.39. The van der Waals surface area contributed by atoms with Crippen LogP contribution in [-0.2, 0) is 0 Å². The third-order valence-electron chi connectivity index (χ3n) is 3.61. The van der Waals surface area contributed by atoms with Crippen molar-refractivity contribution in [2.45, 2.75) is 45.8 Å². The second-order valence-electron chi connectivity index (χ2n) is 6.64. The van der Waals surface area contributed by atoms with Gasteiger partial charge in [-0.15, -0.1) is 0 Å². The van der Waals surface area contributed by atoms with Gasteiger partial charge in [0.15, 0.2) is 0 Å². The molecule has 19 heavy (non-hydrogen) atoms. The summed E-state index contributed by atoms with van der Waals surface area (Å²) in [7, 11) is 2.17. The zero-order chi connectivity index (χ0) is 14.2. The van der Waals surface area contributed by atoms with E-state index in [0.29, 0.717) is 12.0 Å². The second kappa shape index (κ2) is 5.04. The molecule has 3 nitrogen and oxygen atoms in total. The van der Waals surface area contributed by atoms with Crippen LogP contribution in [0.4, 0.5) is 0 Å². The number of aromatic hydroxyl groups is 1. The van der Waals surface area contributed by atoms with Gasteiger partial charge in [-0.25, -0.2) is 0 Å². The van der Waals surface area contributed by atoms with Crippen LogP contribution >= 0.6 is 0 Å². The zero-order valence-electron chi connectivity index (χ0n) is 12.6. The summed E-state index contributed by atoms with van der Waals surface area (Å²) >= 11 is 0. The van der Waals surface area contributed by atoms with Crippen LogP contribution < -0.4 is 4.74 Å². The van der Waals surface area contributed by atoms with E-state index in [-0.39, 0.29) is 11.4 Å². The van der Waals surface area contributed by atoms with Gasteiger partial charge >= 0.3 is 0 Å². The van der Waals surface area contributed by atoms with Gasteiger partial charge in [-0.1, -0.05) is 19.9 Å². The maximum Gasteiger partial charge on any atom is 0.128 e. The highest BCUT2D eigenvalue weighted by atomic mass is 16.5. The fraction of sp³-hybridized carbons (Fsp3) is 0.625. The van der Waals surface area contributed by atoms with E-state index in [9.17, 15) is 5.11 Å². The minimum Gasteiger partial charge on any atom is -0.508 e. The van der Waals surface area contributed by atoms with E-state index in [2.05, 4.69) is 39.6 Å². The Hall–Kier alpha value is -1.22. The Labute approximate surface area is 116 Å². The molecule has 0 aromatic heterocycles. The van der Waals surface area contributed by atoms with Crippen molar-refractivity contribution in [3.05, 3.63) is 23.8 Å². The molecule has 0 radical (unpaired) electrons. The minimum atomic E-state index is -0.198. The van der Waals surface area contributed by atoms with Crippen molar-refractivity contribution in [1.29, 1.82) is 0 Å². The van der Waals surface area contributed by atoms with Gasteiger partial charge in [-0.2, -0.15) is 0 Å². The third kappa shape index (κ3) is 3.21. The average Bonchev–Trinajstić information content (AvgIpc) is 2.24. The fourth-order valence-electron chi connectivity index (χ4n) is 2.90. The van der Waals surface area contributed by atoms with Gasteiger partial charge in [0.25, 0.3) is 0 Å². The molecule has 0 fully saturated rings. The average molecular weight is 263 g/mol. The van der Waals surface area contributed by atoms with Gasteiger partial charge in [-0.3, -0.25) is 4.90 Å². The van der Waals surface area contributed by atoms with Crippen molar-refractivity contribution >= 4 is 0 Å². The highest BCUT2D eigenvalue weighted by Crippen LogP contribution is 2.43. The van der Waals surface area contributed by atoms with E-state index in [0.717, 1.165) is 18.7 Å². The minimum absolute atomic E-state index is 0.198. The molecule has 3 heteroatoms. The molecule has 0 aliphatic carbocycles. The van der Waals surface area contributed by atoms with Gasteiger partial charge in [0, 0.05) is 30.6 Å².